The van der Waals surface area contributed by atoms with Crippen molar-refractivity contribution in [3.63, 3.8) is 0 Å². The second-order valence-electron chi connectivity index (χ2n) is 7.71. The molecule has 7 heteroatoms. The van der Waals surface area contributed by atoms with E-state index >= 15 is 0 Å². The normalized spacial score (nSPS) is 18.3. The molecule has 27 heavy (non-hydrogen) atoms. The summed E-state index contributed by atoms with van der Waals surface area (Å²) < 4.78 is 1.73. The molecule has 2 fully saturated rings. The van der Waals surface area contributed by atoms with Crippen molar-refractivity contribution in [1.82, 2.24) is 24.9 Å². The van der Waals surface area contributed by atoms with Gasteiger partial charge in [-0.1, -0.05) is 25.7 Å². The van der Waals surface area contributed by atoms with E-state index in [1.807, 2.05) is 36.2 Å². The van der Waals surface area contributed by atoms with Crippen molar-refractivity contribution in [1.29, 1.82) is 0 Å². The molecule has 0 aromatic carbocycles. The third-order valence-electron chi connectivity index (χ3n) is 5.79. The Morgan fingerprint density at radius 2 is 1.74 bits per heavy atom. The minimum Gasteiger partial charge on any atom is -0.352 e. The largest absolute Gasteiger partial charge is 0.352 e. The quantitative estimate of drug-likeness (QED) is 0.811. The van der Waals surface area contributed by atoms with Gasteiger partial charge < -0.3 is 9.80 Å². The fourth-order valence-corrected chi connectivity index (χ4v) is 4.12. The molecule has 1 aliphatic carbocycles. The van der Waals surface area contributed by atoms with Crippen molar-refractivity contribution in [2.45, 2.75) is 45.4 Å². The number of anilines is 1. The Morgan fingerprint density at radius 3 is 2.37 bits per heavy atom. The van der Waals surface area contributed by atoms with E-state index in [1.54, 1.807) is 4.68 Å². The first-order valence-electron chi connectivity index (χ1n) is 10.1. The molecule has 144 valence electrons. The maximum absolute atomic E-state index is 12.5. The van der Waals surface area contributed by atoms with Crippen LogP contribution < -0.4 is 4.90 Å². The van der Waals surface area contributed by atoms with Gasteiger partial charge in [0, 0.05) is 38.8 Å². The number of hydrogen-bond donors (Lipinski definition) is 0. The maximum Gasteiger partial charge on any atom is 0.222 e. The van der Waals surface area contributed by atoms with Crippen LogP contribution in [0.25, 0.3) is 5.82 Å². The molecule has 2 aromatic heterocycles. The van der Waals surface area contributed by atoms with Crippen LogP contribution in [-0.2, 0) is 4.79 Å². The van der Waals surface area contributed by atoms with E-state index in [9.17, 15) is 4.79 Å². The van der Waals surface area contributed by atoms with Gasteiger partial charge in [0.15, 0.2) is 11.6 Å². The molecule has 0 N–H and O–H groups in total. The van der Waals surface area contributed by atoms with E-state index in [0.29, 0.717) is 18.1 Å². The summed E-state index contributed by atoms with van der Waals surface area (Å²) in [5.74, 6) is 2.67. The monoisotopic (exact) mass is 368 g/mol. The lowest BCUT2D eigenvalue weighted by Crippen LogP contribution is -2.49. The molecule has 0 bridgehead atoms. The molecular weight excluding hydrogens is 340 g/mol. The van der Waals surface area contributed by atoms with Crippen molar-refractivity contribution >= 4 is 11.7 Å². The first kappa shape index (κ1) is 17.9. The molecule has 0 unspecified atom stereocenters. The first-order chi connectivity index (χ1) is 13.2. The fraction of sp³-hybridized carbons (Fsp3) is 0.600. The Balaban J connectivity index is 1.27. The van der Waals surface area contributed by atoms with E-state index in [-0.39, 0.29) is 0 Å². The Hall–Kier alpha value is -2.44. The molecule has 7 nitrogen and oxygen atoms in total. The molecule has 2 aromatic rings. The molecule has 3 heterocycles. The zero-order valence-corrected chi connectivity index (χ0v) is 16.0. The molecular formula is C20H28N6O. The summed E-state index contributed by atoms with van der Waals surface area (Å²) >= 11 is 0. The van der Waals surface area contributed by atoms with Gasteiger partial charge in [-0.25, -0.2) is 4.68 Å². The van der Waals surface area contributed by atoms with Crippen LogP contribution in [0, 0.1) is 12.8 Å². The van der Waals surface area contributed by atoms with Gasteiger partial charge in [-0.3, -0.25) is 4.79 Å². The summed E-state index contributed by atoms with van der Waals surface area (Å²) in [4.78, 5) is 16.7. The zero-order valence-electron chi connectivity index (χ0n) is 16.0. The minimum atomic E-state index is 0.317. The average molecular weight is 368 g/mol. The molecule has 0 atom stereocenters. The summed E-state index contributed by atoms with van der Waals surface area (Å²) in [6.07, 6.45) is 8.98. The number of aryl methyl sites for hydroxylation is 1. The van der Waals surface area contributed by atoms with E-state index in [2.05, 4.69) is 20.2 Å². The minimum absolute atomic E-state index is 0.317. The van der Waals surface area contributed by atoms with Crippen LogP contribution in [0.2, 0.25) is 0 Å². The summed E-state index contributed by atoms with van der Waals surface area (Å²) in [5.41, 5.74) is 0.953. The number of hydrogen-bond acceptors (Lipinski definition) is 5. The maximum atomic E-state index is 12.5. The lowest BCUT2D eigenvalue weighted by Gasteiger charge is -2.35. The van der Waals surface area contributed by atoms with Crippen molar-refractivity contribution in [2.75, 3.05) is 31.1 Å². The number of rotatable bonds is 5. The lowest BCUT2D eigenvalue weighted by atomic mass is 10.0. The topological polar surface area (TPSA) is 67.2 Å². The summed E-state index contributed by atoms with van der Waals surface area (Å²) in [6.45, 7) is 5.11. The third-order valence-corrected chi connectivity index (χ3v) is 5.79. The molecule has 4 rings (SSSR count). The van der Waals surface area contributed by atoms with Crippen molar-refractivity contribution in [3.8, 4) is 5.82 Å². The molecule has 1 saturated carbocycles. The lowest BCUT2D eigenvalue weighted by molar-refractivity contribution is -0.131. The standard InChI is InChI=1S/C20H28N6O/c1-16-10-11-26(23-16)19-8-7-18(21-22-19)24-12-14-25(15-13-24)20(27)9-6-17-4-2-3-5-17/h7-8,10-11,17H,2-6,9,12-15H2,1H3. The number of carbonyl (C=O) groups is 1. The predicted molar refractivity (Wildman–Crippen MR) is 104 cm³/mol. The highest BCUT2D eigenvalue weighted by Gasteiger charge is 2.23. The second-order valence-corrected chi connectivity index (χ2v) is 7.71. The van der Waals surface area contributed by atoms with Gasteiger partial charge in [0.05, 0.1) is 5.69 Å². The highest BCUT2D eigenvalue weighted by atomic mass is 16.2. The molecule has 1 aliphatic heterocycles. The summed E-state index contributed by atoms with van der Waals surface area (Å²) in [5, 5.41) is 13.0. The van der Waals surface area contributed by atoms with Gasteiger partial charge in [0.2, 0.25) is 5.91 Å². The van der Waals surface area contributed by atoms with Crippen molar-refractivity contribution < 1.29 is 4.79 Å². The number of aromatic nitrogens is 4. The highest BCUT2D eigenvalue weighted by Crippen LogP contribution is 2.28. The van der Waals surface area contributed by atoms with Crippen molar-refractivity contribution in [3.05, 3.63) is 30.1 Å². The van der Waals surface area contributed by atoms with Gasteiger partial charge in [-0.2, -0.15) is 5.10 Å². The van der Waals surface area contributed by atoms with Gasteiger partial charge in [0.25, 0.3) is 0 Å². The predicted octanol–water partition coefficient (Wildman–Crippen LogP) is 2.59. The van der Waals surface area contributed by atoms with Crippen LogP contribution >= 0.6 is 0 Å². The van der Waals surface area contributed by atoms with Crippen LogP contribution in [0.15, 0.2) is 24.4 Å². The molecule has 1 saturated heterocycles. The molecule has 2 aliphatic rings. The van der Waals surface area contributed by atoms with Crippen LogP contribution in [0.1, 0.15) is 44.2 Å². The third kappa shape index (κ3) is 4.28. The number of piperazine rings is 1. The van der Waals surface area contributed by atoms with Gasteiger partial charge in [-0.15, -0.1) is 10.2 Å². The van der Waals surface area contributed by atoms with Crippen molar-refractivity contribution in [2.24, 2.45) is 5.92 Å². The van der Waals surface area contributed by atoms with Crippen LogP contribution in [0.4, 0.5) is 5.82 Å². The zero-order chi connectivity index (χ0) is 18.6. The SMILES string of the molecule is Cc1ccn(-c2ccc(N3CCN(C(=O)CCC4CCCC4)CC3)nn2)n1. The van der Waals surface area contributed by atoms with Crippen LogP contribution in [0.3, 0.4) is 0 Å². The van der Waals surface area contributed by atoms with Gasteiger partial charge >= 0.3 is 0 Å². The summed E-state index contributed by atoms with van der Waals surface area (Å²) in [7, 11) is 0. The second kappa shape index (κ2) is 8.06. The Kier molecular flexibility index (Phi) is 5.36. The van der Waals surface area contributed by atoms with E-state index in [4.69, 9.17) is 0 Å². The van der Waals surface area contributed by atoms with Crippen LogP contribution in [-0.4, -0.2) is 57.0 Å². The number of carbonyl (C=O) groups excluding carboxylic acids is 1. The summed E-state index contributed by atoms with van der Waals surface area (Å²) in [6, 6.07) is 5.86. The van der Waals surface area contributed by atoms with E-state index in [1.165, 1.54) is 25.7 Å². The average Bonchev–Trinajstić information content (AvgIpc) is 3.38. The molecule has 1 amide bonds. The van der Waals surface area contributed by atoms with Crippen LogP contribution in [0.5, 0.6) is 0 Å². The molecule has 0 radical (unpaired) electrons. The van der Waals surface area contributed by atoms with E-state index in [0.717, 1.165) is 50.0 Å². The number of nitrogens with zero attached hydrogens (tertiary/aromatic N) is 6. The number of amides is 1. The Labute approximate surface area is 160 Å². The fourth-order valence-electron chi connectivity index (χ4n) is 4.12. The van der Waals surface area contributed by atoms with E-state index < -0.39 is 0 Å². The molecule has 0 spiro atoms. The smallest absolute Gasteiger partial charge is 0.222 e. The van der Waals surface area contributed by atoms with Gasteiger partial charge in [0.1, 0.15) is 0 Å². The van der Waals surface area contributed by atoms with Gasteiger partial charge in [-0.05, 0) is 37.5 Å². The Bertz CT molecular complexity index is 757. The Morgan fingerprint density at radius 1 is 1.04 bits per heavy atom. The highest BCUT2D eigenvalue weighted by molar-refractivity contribution is 5.76. The first-order valence-corrected chi connectivity index (χ1v) is 10.1.